The number of carbonyl (C=O) groups excluding carboxylic acids is 1. The zero-order valence-electron chi connectivity index (χ0n) is 14.5. The van der Waals surface area contributed by atoms with Crippen molar-refractivity contribution in [1.29, 1.82) is 0 Å². The fraction of sp³-hybridized carbons (Fsp3) is 0.0556. The highest BCUT2D eigenvalue weighted by Crippen LogP contribution is 2.19. The van der Waals surface area contributed by atoms with Crippen LogP contribution in [0.15, 0.2) is 69.3 Å². The van der Waals surface area contributed by atoms with Crippen molar-refractivity contribution in [2.24, 2.45) is 0 Å². The summed E-state index contributed by atoms with van der Waals surface area (Å²) < 4.78 is 65.2. The molecular weight excluding hydrogens is 411 g/mol. The molecule has 11 heteroatoms. The molecular formula is C18H12F3N3O4S. The molecule has 3 aromatic rings. The van der Waals surface area contributed by atoms with E-state index in [2.05, 4.69) is 10.4 Å². The van der Waals surface area contributed by atoms with E-state index in [9.17, 15) is 31.2 Å². The van der Waals surface area contributed by atoms with Gasteiger partial charge >= 0.3 is 0 Å². The Bertz CT molecular complexity index is 1260. The highest BCUT2D eigenvalue weighted by molar-refractivity contribution is 7.91. The molecule has 1 aromatic heterocycles. The lowest BCUT2D eigenvalue weighted by atomic mass is 10.3. The SMILES string of the molecule is O=C(Cn1nc(S(=O)(=O)c2cccc(F)c2)ccc1=O)Nc1ccc(F)c(F)c1. The molecule has 150 valence electrons. The number of sulfone groups is 1. The molecule has 1 amide bonds. The van der Waals surface area contributed by atoms with E-state index in [1.165, 1.54) is 6.07 Å². The minimum absolute atomic E-state index is 0.0644. The van der Waals surface area contributed by atoms with Gasteiger partial charge in [-0.1, -0.05) is 6.07 Å². The van der Waals surface area contributed by atoms with Gasteiger partial charge in [0.25, 0.3) is 5.56 Å². The first-order chi connectivity index (χ1) is 13.7. The molecule has 0 saturated carbocycles. The lowest BCUT2D eigenvalue weighted by Crippen LogP contribution is -2.30. The molecule has 0 aliphatic heterocycles. The van der Waals surface area contributed by atoms with E-state index in [1.54, 1.807) is 0 Å². The Kier molecular flexibility index (Phi) is 5.50. The van der Waals surface area contributed by atoms with Crippen LogP contribution in [0.4, 0.5) is 18.9 Å². The summed E-state index contributed by atoms with van der Waals surface area (Å²) in [7, 11) is -4.24. The van der Waals surface area contributed by atoms with Crippen LogP contribution in [-0.4, -0.2) is 24.1 Å². The molecule has 0 spiro atoms. The van der Waals surface area contributed by atoms with Crippen molar-refractivity contribution in [1.82, 2.24) is 9.78 Å². The second kappa shape index (κ2) is 7.87. The molecule has 7 nitrogen and oxygen atoms in total. The molecule has 0 bridgehead atoms. The van der Waals surface area contributed by atoms with E-state index in [4.69, 9.17) is 0 Å². The molecule has 0 aliphatic carbocycles. The number of rotatable bonds is 5. The average Bonchev–Trinajstić information content (AvgIpc) is 2.66. The minimum atomic E-state index is -4.24. The first kappa shape index (κ1) is 20.3. The number of nitrogens with zero attached hydrogens (tertiary/aromatic N) is 2. The van der Waals surface area contributed by atoms with Crippen LogP contribution in [0.1, 0.15) is 0 Å². The first-order valence-electron chi connectivity index (χ1n) is 8.00. The Labute approximate surface area is 162 Å². The third-order valence-electron chi connectivity index (χ3n) is 3.72. The van der Waals surface area contributed by atoms with Crippen LogP contribution in [-0.2, 0) is 21.2 Å². The number of hydrogen-bond donors (Lipinski definition) is 1. The van der Waals surface area contributed by atoms with E-state index in [1.807, 2.05) is 0 Å². The molecule has 0 saturated heterocycles. The first-order valence-corrected chi connectivity index (χ1v) is 9.49. The van der Waals surface area contributed by atoms with Gasteiger partial charge in [-0.3, -0.25) is 9.59 Å². The van der Waals surface area contributed by atoms with Crippen molar-refractivity contribution in [3.8, 4) is 0 Å². The van der Waals surface area contributed by atoms with Gasteiger partial charge in [-0.25, -0.2) is 26.3 Å². The normalized spacial score (nSPS) is 11.3. The number of carbonyl (C=O) groups is 1. The Balaban J connectivity index is 1.86. The van der Waals surface area contributed by atoms with Crippen molar-refractivity contribution in [3.05, 3.63) is 82.4 Å². The van der Waals surface area contributed by atoms with Gasteiger partial charge < -0.3 is 5.32 Å². The van der Waals surface area contributed by atoms with Crippen LogP contribution < -0.4 is 10.9 Å². The Hall–Kier alpha value is -3.47. The van der Waals surface area contributed by atoms with E-state index in [0.717, 1.165) is 48.5 Å². The van der Waals surface area contributed by atoms with Gasteiger partial charge in [0.2, 0.25) is 15.7 Å². The maximum absolute atomic E-state index is 13.3. The van der Waals surface area contributed by atoms with Crippen LogP contribution in [0.25, 0.3) is 0 Å². The van der Waals surface area contributed by atoms with Crippen molar-refractivity contribution in [3.63, 3.8) is 0 Å². The topological polar surface area (TPSA) is 98.1 Å². The average molecular weight is 423 g/mol. The van der Waals surface area contributed by atoms with E-state index in [-0.39, 0.29) is 10.6 Å². The van der Waals surface area contributed by atoms with Gasteiger partial charge in [-0.2, -0.15) is 5.10 Å². The lowest BCUT2D eigenvalue weighted by Gasteiger charge is -2.09. The zero-order valence-corrected chi connectivity index (χ0v) is 15.3. The van der Waals surface area contributed by atoms with Crippen LogP contribution in [0.3, 0.4) is 0 Å². The van der Waals surface area contributed by atoms with Crippen LogP contribution in [0, 0.1) is 17.5 Å². The quantitative estimate of drug-likeness (QED) is 0.678. The van der Waals surface area contributed by atoms with Gasteiger partial charge in [0.1, 0.15) is 12.4 Å². The molecule has 0 fully saturated rings. The maximum atomic E-state index is 13.3. The number of amides is 1. The minimum Gasteiger partial charge on any atom is -0.324 e. The molecule has 1 heterocycles. The van der Waals surface area contributed by atoms with Gasteiger partial charge in [-0.15, -0.1) is 0 Å². The summed E-state index contributed by atoms with van der Waals surface area (Å²) in [6.07, 6.45) is 0. The van der Waals surface area contributed by atoms with Crippen LogP contribution >= 0.6 is 0 Å². The summed E-state index contributed by atoms with van der Waals surface area (Å²) in [5.74, 6) is -3.88. The van der Waals surface area contributed by atoms with Crippen molar-refractivity contribution in [2.75, 3.05) is 5.32 Å². The smallest absolute Gasteiger partial charge is 0.267 e. The fourth-order valence-electron chi connectivity index (χ4n) is 2.35. The number of aromatic nitrogens is 2. The predicted molar refractivity (Wildman–Crippen MR) is 95.3 cm³/mol. The van der Waals surface area contributed by atoms with Gasteiger partial charge in [0.15, 0.2) is 16.7 Å². The Morgan fingerprint density at radius 1 is 1.00 bits per heavy atom. The van der Waals surface area contributed by atoms with Gasteiger partial charge in [0.05, 0.1) is 4.90 Å². The molecule has 0 radical (unpaired) electrons. The molecule has 0 aliphatic rings. The molecule has 0 atom stereocenters. The number of halogens is 3. The zero-order chi connectivity index (χ0) is 21.2. The maximum Gasteiger partial charge on any atom is 0.267 e. The second-order valence-electron chi connectivity index (χ2n) is 5.81. The molecule has 0 unspecified atom stereocenters. The number of anilines is 1. The second-order valence-corrected chi connectivity index (χ2v) is 7.70. The molecule has 3 rings (SSSR count). The third-order valence-corrected chi connectivity index (χ3v) is 5.36. The van der Waals surface area contributed by atoms with E-state index in [0.29, 0.717) is 4.68 Å². The fourth-order valence-corrected chi connectivity index (χ4v) is 3.57. The lowest BCUT2D eigenvalue weighted by molar-refractivity contribution is -0.117. The number of benzene rings is 2. The summed E-state index contributed by atoms with van der Waals surface area (Å²) >= 11 is 0. The molecule has 2 aromatic carbocycles. The van der Waals surface area contributed by atoms with E-state index < -0.39 is 50.3 Å². The summed E-state index contributed by atoms with van der Waals surface area (Å²) in [6.45, 7) is -0.690. The van der Waals surface area contributed by atoms with Gasteiger partial charge in [0, 0.05) is 17.8 Å². The van der Waals surface area contributed by atoms with Crippen molar-refractivity contribution in [2.45, 2.75) is 16.5 Å². The summed E-state index contributed by atoms with van der Waals surface area (Å²) in [5, 5.41) is 5.33. The molecule has 1 N–H and O–H groups in total. The Morgan fingerprint density at radius 3 is 2.45 bits per heavy atom. The van der Waals surface area contributed by atoms with Crippen LogP contribution in [0.5, 0.6) is 0 Å². The van der Waals surface area contributed by atoms with Crippen LogP contribution in [0.2, 0.25) is 0 Å². The standard InChI is InChI=1S/C18H12F3N3O4S/c19-11-2-1-3-13(8-11)29(27,28)17-6-7-18(26)24(23-17)10-16(25)22-12-4-5-14(20)15(21)9-12/h1-9H,10H2,(H,22,25). The highest BCUT2D eigenvalue weighted by Gasteiger charge is 2.21. The summed E-state index contributed by atoms with van der Waals surface area (Å²) in [5.41, 5.74) is -0.839. The Morgan fingerprint density at radius 2 is 1.76 bits per heavy atom. The third kappa shape index (κ3) is 4.51. The monoisotopic (exact) mass is 423 g/mol. The summed E-state index contributed by atoms with van der Waals surface area (Å²) in [6, 6.07) is 8.71. The van der Waals surface area contributed by atoms with Crippen molar-refractivity contribution < 1.29 is 26.4 Å². The molecule has 29 heavy (non-hydrogen) atoms. The summed E-state index contributed by atoms with van der Waals surface area (Å²) in [4.78, 5) is 23.6. The predicted octanol–water partition coefficient (Wildman–Crippen LogP) is 2.13. The van der Waals surface area contributed by atoms with Gasteiger partial charge in [-0.05, 0) is 36.4 Å². The highest BCUT2D eigenvalue weighted by atomic mass is 32.2. The van der Waals surface area contributed by atoms with Crippen molar-refractivity contribution >= 4 is 21.4 Å². The number of nitrogens with one attached hydrogen (secondary N) is 1. The number of hydrogen-bond acceptors (Lipinski definition) is 5. The largest absolute Gasteiger partial charge is 0.324 e. The van der Waals surface area contributed by atoms with E-state index >= 15 is 0 Å².